The van der Waals surface area contributed by atoms with Crippen LogP contribution < -0.4 is 5.32 Å². The maximum atomic E-state index is 11.7. The molecule has 1 amide bonds. The number of carbonyl (C=O) groups is 1. The van der Waals surface area contributed by atoms with Crippen molar-refractivity contribution < 1.29 is 9.21 Å². The third-order valence-electron chi connectivity index (χ3n) is 2.18. The molecule has 0 aliphatic carbocycles. The summed E-state index contributed by atoms with van der Waals surface area (Å²) in [6.45, 7) is 7.06. The van der Waals surface area contributed by atoms with Gasteiger partial charge in [-0.1, -0.05) is 36.7 Å². The van der Waals surface area contributed by atoms with Crippen LogP contribution in [0, 0.1) is 5.41 Å². The molecule has 0 fully saturated rings. The normalized spacial score (nSPS) is 13.5. The fourth-order valence-electron chi connectivity index (χ4n) is 1.49. The third kappa shape index (κ3) is 5.13. The summed E-state index contributed by atoms with van der Waals surface area (Å²) in [5.41, 5.74) is 0.605. The van der Waals surface area contributed by atoms with Gasteiger partial charge in [-0.3, -0.25) is 4.79 Å². The minimum Gasteiger partial charge on any atom is -0.452 e. The summed E-state index contributed by atoms with van der Waals surface area (Å²) < 4.78 is 4.87. The van der Waals surface area contributed by atoms with Crippen LogP contribution >= 0.6 is 27.5 Å². The van der Waals surface area contributed by atoms with Crippen molar-refractivity contribution in [2.45, 2.75) is 32.0 Å². The molecule has 0 aliphatic rings. The molecule has 17 heavy (non-hydrogen) atoms. The molecule has 1 heterocycles. The molecule has 0 aliphatic heterocycles. The molecule has 5 heteroatoms. The van der Waals surface area contributed by atoms with E-state index in [-0.39, 0.29) is 21.4 Å². The number of furan rings is 1. The van der Waals surface area contributed by atoms with Crippen molar-refractivity contribution in [3.63, 3.8) is 0 Å². The van der Waals surface area contributed by atoms with Crippen LogP contribution in [0.4, 0.5) is 0 Å². The number of rotatable bonds is 4. The van der Waals surface area contributed by atoms with Crippen molar-refractivity contribution in [2.75, 3.05) is 6.54 Å². The maximum Gasteiger partial charge on any atom is 0.256 e. The molecule has 1 atom stereocenters. The van der Waals surface area contributed by atoms with Gasteiger partial charge in [0.15, 0.2) is 0 Å². The summed E-state index contributed by atoms with van der Waals surface area (Å²) in [6.07, 6.45) is 2.38. The predicted molar refractivity (Wildman–Crippen MR) is 72.8 cm³/mol. The highest BCUT2D eigenvalue weighted by Crippen LogP contribution is 2.24. The van der Waals surface area contributed by atoms with Gasteiger partial charge in [-0.05, 0) is 29.5 Å². The van der Waals surface area contributed by atoms with Gasteiger partial charge in [-0.2, -0.15) is 0 Å². The minimum absolute atomic E-state index is 0.129. The van der Waals surface area contributed by atoms with E-state index in [4.69, 9.17) is 16.0 Å². The number of nitrogens with one attached hydrogen (secondary N) is 1. The standard InChI is InChI=1S/C12H17BrClNO2/c1-12(2,3)6-8(13)7-15-11(16)9-4-5-17-10(9)14/h4-5,8H,6-7H2,1-3H3,(H,15,16). The largest absolute Gasteiger partial charge is 0.452 e. The first-order valence-electron chi connectivity index (χ1n) is 5.45. The van der Waals surface area contributed by atoms with Crippen LogP contribution in [0.5, 0.6) is 0 Å². The Hall–Kier alpha value is -0.480. The summed E-state index contributed by atoms with van der Waals surface area (Å²) in [4.78, 5) is 12.0. The summed E-state index contributed by atoms with van der Waals surface area (Å²) in [7, 11) is 0. The monoisotopic (exact) mass is 321 g/mol. The summed E-state index contributed by atoms with van der Waals surface area (Å²) in [5, 5.41) is 2.95. The van der Waals surface area contributed by atoms with Crippen LogP contribution in [0.1, 0.15) is 37.6 Å². The second kappa shape index (κ2) is 5.91. The molecule has 0 aromatic carbocycles. The Morgan fingerprint density at radius 2 is 2.24 bits per heavy atom. The zero-order valence-corrected chi connectivity index (χ0v) is 12.6. The molecule has 0 saturated heterocycles. The molecule has 1 aromatic rings. The van der Waals surface area contributed by atoms with Crippen LogP contribution in [-0.4, -0.2) is 17.3 Å². The zero-order chi connectivity index (χ0) is 13.1. The molecule has 0 spiro atoms. The van der Waals surface area contributed by atoms with Crippen LogP contribution in [0.2, 0.25) is 5.22 Å². The van der Waals surface area contributed by atoms with Gasteiger partial charge in [0.1, 0.15) is 0 Å². The molecule has 1 unspecified atom stereocenters. The molecule has 1 N–H and O–H groups in total. The van der Waals surface area contributed by atoms with Gasteiger partial charge >= 0.3 is 0 Å². The number of hydrogen-bond acceptors (Lipinski definition) is 2. The first kappa shape index (κ1) is 14.6. The first-order valence-corrected chi connectivity index (χ1v) is 6.74. The Bertz CT molecular complexity index is 384. The Kier molecular flexibility index (Phi) is 5.07. The number of amides is 1. The van der Waals surface area contributed by atoms with Crippen molar-refractivity contribution in [2.24, 2.45) is 5.41 Å². The molecular formula is C12H17BrClNO2. The van der Waals surface area contributed by atoms with E-state index in [1.807, 2.05) is 0 Å². The van der Waals surface area contributed by atoms with E-state index < -0.39 is 0 Å². The Labute approximate surface area is 115 Å². The van der Waals surface area contributed by atoms with Crippen molar-refractivity contribution in [1.82, 2.24) is 5.32 Å². The predicted octanol–water partition coefficient (Wildman–Crippen LogP) is 3.86. The molecule has 0 bridgehead atoms. The Balaban J connectivity index is 2.42. The highest BCUT2D eigenvalue weighted by molar-refractivity contribution is 9.09. The van der Waals surface area contributed by atoms with E-state index in [2.05, 4.69) is 42.0 Å². The Morgan fingerprint density at radius 3 is 2.71 bits per heavy atom. The lowest BCUT2D eigenvalue weighted by Gasteiger charge is -2.22. The Morgan fingerprint density at radius 1 is 1.59 bits per heavy atom. The lowest BCUT2D eigenvalue weighted by atomic mass is 9.90. The van der Waals surface area contributed by atoms with E-state index in [1.54, 1.807) is 6.07 Å². The molecule has 3 nitrogen and oxygen atoms in total. The highest BCUT2D eigenvalue weighted by atomic mass is 79.9. The van der Waals surface area contributed by atoms with E-state index in [0.29, 0.717) is 12.1 Å². The van der Waals surface area contributed by atoms with E-state index >= 15 is 0 Å². The summed E-state index contributed by atoms with van der Waals surface area (Å²) in [5.74, 6) is -0.206. The maximum absolute atomic E-state index is 11.7. The van der Waals surface area contributed by atoms with Gasteiger partial charge in [-0.15, -0.1) is 0 Å². The smallest absolute Gasteiger partial charge is 0.256 e. The lowest BCUT2D eigenvalue weighted by molar-refractivity contribution is 0.0952. The fourth-order valence-corrected chi connectivity index (χ4v) is 2.82. The molecular weight excluding hydrogens is 305 g/mol. The van der Waals surface area contributed by atoms with Gasteiger partial charge in [-0.25, -0.2) is 0 Å². The van der Waals surface area contributed by atoms with Crippen molar-refractivity contribution in [3.05, 3.63) is 23.1 Å². The molecule has 96 valence electrons. The third-order valence-corrected chi connectivity index (χ3v) is 3.12. The summed E-state index contributed by atoms with van der Waals surface area (Å²) >= 11 is 9.27. The second-order valence-electron chi connectivity index (χ2n) is 5.18. The average Bonchev–Trinajstić information content (AvgIpc) is 2.58. The zero-order valence-electron chi connectivity index (χ0n) is 10.2. The lowest BCUT2D eigenvalue weighted by Crippen LogP contribution is -2.31. The number of carbonyl (C=O) groups excluding carboxylic acids is 1. The first-order chi connectivity index (χ1) is 7.79. The topological polar surface area (TPSA) is 42.2 Å². The van der Waals surface area contributed by atoms with Crippen LogP contribution in [-0.2, 0) is 0 Å². The number of alkyl halides is 1. The van der Waals surface area contributed by atoms with E-state index in [1.165, 1.54) is 6.26 Å². The molecule has 1 rings (SSSR count). The van der Waals surface area contributed by atoms with Gasteiger partial charge in [0, 0.05) is 11.4 Å². The van der Waals surface area contributed by atoms with Gasteiger partial charge < -0.3 is 9.73 Å². The van der Waals surface area contributed by atoms with E-state index in [9.17, 15) is 4.79 Å². The number of halogens is 2. The van der Waals surface area contributed by atoms with Crippen LogP contribution in [0.3, 0.4) is 0 Å². The molecule has 0 radical (unpaired) electrons. The van der Waals surface area contributed by atoms with Gasteiger partial charge in [0.2, 0.25) is 5.22 Å². The number of hydrogen-bond donors (Lipinski definition) is 1. The fraction of sp³-hybridized carbons (Fsp3) is 0.583. The SMILES string of the molecule is CC(C)(C)CC(Br)CNC(=O)c1ccoc1Cl. The summed E-state index contributed by atoms with van der Waals surface area (Å²) in [6, 6.07) is 1.56. The van der Waals surface area contributed by atoms with Crippen LogP contribution in [0.25, 0.3) is 0 Å². The van der Waals surface area contributed by atoms with E-state index in [0.717, 1.165) is 6.42 Å². The van der Waals surface area contributed by atoms with Crippen molar-refractivity contribution in [3.8, 4) is 0 Å². The van der Waals surface area contributed by atoms with Gasteiger partial charge in [0.25, 0.3) is 5.91 Å². The molecule has 0 saturated carbocycles. The average molecular weight is 323 g/mol. The molecule has 1 aromatic heterocycles. The van der Waals surface area contributed by atoms with Crippen molar-refractivity contribution >= 4 is 33.4 Å². The minimum atomic E-state index is -0.206. The van der Waals surface area contributed by atoms with Gasteiger partial charge in [0.05, 0.1) is 11.8 Å². The second-order valence-corrected chi connectivity index (χ2v) is 6.82. The van der Waals surface area contributed by atoms with Crippen LogP contribution in [0.15, 0.2) is 16.7 Å². The van der Waals surface area contributed by atoms with Crippen molar-refractivity contribution in [1.29, 1.82) is 0 Å². The quantitative estimate of drug-likeness (QED) is 0.855. The highest BCUT2D eigenvalue weighted by Gasteiger charge is 2.18.